The molecule has 0 heterocycles. The molecule has 144 valence electrons. The van der Waals surface area contributed by atoms with Gasteiger partial charge >= 0.3 is 0 Å². The van der Waals surface area contributed by atoms with Crippen LogP contribution in [-0.4, -0.2) is 25.3 Å². The lowest BCUT2D eigenvalue weighted by atomic mass is 10.0. The molecule has 27 heavy (non-hydrogen) atoms. The first-order valence-corrected chi connectivity index (χ1v) is 11.2. The monoisotopic (exact) mass is 450 g/mol. The summed E-state index contributed by atoms with van der Waals surface area (Å²) in [7, 11) is -3.87. The normalized spacial score (nSPS) is 14.4. The van der Waals surface area contributed by atoms with Gasteiger partial charge in [0.25, 0.3) is 5.91 Å². The summed E-state index contributed by atoms with van der Waals surface area (Å²) >= 11 is 3.36. The van der Waals surface area contributed by atoms with Gasteiger partial charge < -0.3 is 4.90 Å². The lowest BCUT2D eigenvalue weighted by Gasteiger charge is -2.24. The predicted octanol–water partition coefficient (Wildman–Crippen LogP) is 4.02. The molecule has 1 amide bonds. The van der Waals surface area contributed by atoms with E-state index in [1.165, 1.54) is 17.7 Å². The van der Waals surface area contributed by atoms with Gasteiger partial charge in [0.15, 0.2) is 0 Å². The molecule has 1 aliphatic rings. The second kappa shape index (κ2) is 7.73. The van der Waals surface area contributed by atoms with Gasteiger partial charge in [-0.3, -0.25) is 4.79 Å². The maximum Gasteiger partial charge on any atom is 0.255 e. The van der Waals surface area contributed by atoms with Gasteiger partial charge in [0, 0.05) is 17.1 Å². The number of hydrogen-bond donors (Lipinski definition) is 1. The number of carbonyl (C=O) groups is 1. The number of carbonyl (C=O) groups excluding carboxylic acids is 1. The summed E-state index contributed by atoms with van der Waals surface area (Å²) in [5.41, 5.74) is 2.62. The Hall–Kier alpha value is -1.70. The van der Waals surface area contributed by atoms with E-state index in [4.69, 9.17) is 5.14 Å². The van der Waals surface area contributed by atoms with Crippen LogP contribution in [-0.2, 0) is 16.6 Å². The first-order valence-electron chi connectivity index (χ1n) is 8.89. The first kappa shape index (κ1) is 20.0. The Kier molecular flexibility index (Phi) is 5.74. The van der Waals surface area contributed by atoms with Gasteiger partial charge in [-0.05, 0) is 64.0 Å². The highest BCUT2D eigenvalue weighted by atomic mass is 79.9. The van der Waals surface area contributed by atoms with E-state index in [1.807, 2.05) is 17.0 Å². The molecule has 0 saturated heterocycles. The zero-order valence-electron chi connectivity index (χ0n) is 15.4. The molecule has 2 N–H and O–H groups in total. The summed E-state index contributed by atoms with van der Waals surface area (Å²) in [5.74, 6) is 0.264. The van der Waals surface area contributed by atoms with Crippen molar-refractivity contribution in [3.63, 3.8) is 0 Å². The third-order valence-corrected chi connectivity index (χ3v) is 6.35. The summed E-state index contributed by atoms with van der Waals surface area (Å²) in [6.07, 6.45) is 1.92. The van der Waals surface area contributed by atoms with Crippen LogP contribution in [0.4, 0.5) is 0 Å². The highest BCUT2D eigenvalue weighted by Gasteiger charge is 2.34. The number of halogens is 1. The van der Waals surface area contributed by atoms with Gasteiger partial charge in [-0.15, -0.1) is 0 Å². The number of sulfonamides is 1. The molecule has 1 aliphatic carbocycles. The van der Waals surface area contributed by atoms with Crippen LogP contribution in [0.15, 0.2) is 51.8 Å². The first-order chi connectivity index (χ1) is 12.7. The van der Waals surface area contributed by atoms with Gasteiger partial charge in [-0.25, -0.2) is 13.6 Å². The molecule has 5 nitrogen and oxygen atoms in total. The number of rotatable bonds is 6. The topological polar surface area (TPSA) is 80.5 Å². The van der Waals surface area contributed by atoms with Crippen LogP contribution in [0, 0.1) is 0 Å². The lowest BCUT2D eigenvalue weighted by Crippen LogP contribution is -2.33. The summed E-state index contributed by atoms with van der Waals surface area (Å²) in [6, 6.07) is 12.8. The van der Waals surface area contributed by atoms with E-state index >= 15 is 0 Å². The van der Waals surface area contributed by atoms with Crippen LogP contribution in [0.5, 0.6) is 0 Å². The molecule has 0 aromatic heterocycles. The average molecular weight is 451 g/mol. The second-order valence-electron chi connectivity index (χ2n) is 7.25. The number of nitrogens with zero attached hydrogens (tertiary/aromatic N) is 1. The largest absolute Gasteiger partial charge is 0.331 e. The van der Waals surface area contributed by atoms with Crippen molar-refractivity contribution in [2.75, 3.05) is 0 Å². The summed E-state index contributed by atoms with van der Waals surface area (Å²) in [4.78, 5) is 14.9. The summed E-state index contributed by atoms with van der Waals surface area (Å²) in [6.45, 7) is 4.78. The SMILES string of the molecule is CC(C)c1ccc(CN(C(=O)c2cc(S(N)(=O)=O)ccc2Br)C2CC2)cc1. The molecular weight excluding hydrogens is 428 g/mol. The van der Waals surface area contributed by atoms with E-state index in [0.29, 0.717) is 22.5 Å². The maximum atomic E-state index is 13.2. The Morgan fingerprint density at radius 2 is 1.81 bits per heavy atom. The van der Waals surface area contributed by atoms with Crippen molar-refractivity contribution < 1.29 is 13.2 Å². The van der Waals surface area contributed by atoms with Crippen molar-refractivity contribution in [3.8, 4) is 0 Å². The molecule has 0 atom stereocenters. The lowest BCUT2D eigenvalue weighted by molar-refractivity contribution is 0.0728. The van der Waals surface area contributed by atoms with Gasteiger partial charge in [0.05, 0.1) is 10.5 Å². The fourth-order valence-corrected chi connectivity index (χ4v) is 3.91. The summed E-state index contributed by atoms with van der Waals surface area (Å²) in [5, 5.41) is 5.22. The zero-order chi connectivity index (χ0) is 19.8. The highest BCUT2D eigenvalue weighted by Crippen LogP contribution is 2.32. The molecule has 1 fully saturated rings. The van der Waals surface area contributed by atoms with E-state index in [9.17, 15) is 13.2 Å². The standard InChI is InChI=1S/C20H23BrN2O3S/c1-13(2)15-5-3-14(4-6-15)12-23(16-7-8-16)20(24)18-11-17(27(22,25)26)9-10-19(18)21/h3-6,9-11,13,16H,7-8,12H2,1-2H3,(H2,22,25,26). The highest BCUT2D eigenvalue weighted by molar-refractivity contribution is 9.10. The van der Waals surface area contributed by atoms with E-state index in [1.54, 1.807) is 6.07 Å². The van der Waals surface area contributed by atoms with Gasteiger partial charge in [0.2, 0.25) is 10.0 Å². The Morgan fingerprint density at radius 3 is 2.33 bits per heavy atom. The van der Waals surface area contributed by atoms with Crippen LogP contribution >= 0.6 is 15.9 Å². The van der Waals surface area contributed by atoms with E-state index in [0.717, 1.165) is 18.4 Å². The number of nitrogens with two attached hydrogens (primary N) is 1. The van der Waals surface area contributed by atoms with Crippen molar-refractivity contribution in [2.24, 2.45) is 5.14 Å². The Morgan fingerprint density at radius 1 is 1.19 bits per heavy atom. The minimum absolute atomic E-state index is 0.0638. The molecule has 0 unspecified atom stereocenters. The minimum atomic E-state index is -3.87. The van der Waals surface area contributed by atoms with E-state index in [-0.39, 0.29) is 16.8 Å². The van der Waals surface area contributed by atoms with Crippen molar-refractivity contribution in [3.05, 3.63) is 63.6 Å². The third kappa shape index (κ3) is 4.78. The maximum absolute atomic E-state index is 13.2. The molecule has 0 radical (unpaired) electrons. The number of hydrogen-bond acceptors (Lipinski definition) is 3. The molecule has 1 saturated carbocycles. The second-order valence-corrected chi connectivity index (χ2v) is 9.66. The molecular formula is C20H23BrN2O3S. The summed E-state index contributed by atoms with van der Waals surface area (Å²) < 4.78 is 23.9. The minimum Gasteiger partial charge on any atom is -0.331 e. The van der Waals surface area contributed by atoms with Crippen molar-refractivity contribution in [1.29, 1.82) is 0 Å². The quantitative estimate of drug-likeness (QED) is 0.720. The van der Waals surface area contributed by atoms with Crippen LogP contribution < -0.4 is 5.14 Å². The van der Waals surface area contributed by atoms with Crippen LogP contribution in [0.1, 0.15) is 54.1 Å². The number of primary sulfonamides is 1. The van der Waals surface area contributed by atoms with Gasteiger partial charge in [0.1, 0.15) is 0 Å². The van der Waals surface area contributed by atoms with E-state index in [2.05, 4.69) is 41.9 Å². The van der Waals surface area contributed by atoms with Gasteiger partial charge in [-0.2, -0.15) is 0 Å². The number of benzene rings is 2. The van der Waals surface area contributed by atoms with Gasteiger partial charge in [-0.1, -0.05) is 38.1 Å². The fraction of sp³-hybridized carbons (Fsp3) is 0.350. The fourth-order valence-electron chi connectivity index (χ4n) is 2.96. The average Bonchev–Trinajstić information content (AvgIpc) is 3.44. The van der Waals surface area contributed by atoms with E-state index < -0.39 is 10.0 Å². The third-order valence-electron chi connectivity index (χ3n) is 4.74. The van der Waals surface area contributed by atoms with Crippen molar-refractivity contribution in [1.82, 2.24) is 4.90 Å². The van der Waals surface area contributed by atoms with Crippen molar-refractivity contribution >= 4 is 31.9 Å². The number of amides is 1. The Bertz CT molecular complexity index is 952. The molecule has 0 bridgehead atoms. The molecule has 3 rings (SSSR count). The van der Waals surface area contributed by atoms with Crippen LogP contribution in [0.25, 0.3) is 0 Å². The zero-order valence-corrected chi connectivity index (χ0v) is 17.8. The molecule has 0 spiro atoms. The smallest absolute Gasteiger partial charge is 0.255 e. The van der Waals surface area contributed by atoms with Crippen molar-refractivity contribution in [2.45, 2.75) is 50.1 Å². The predicted molar refractivity (Wildman–Crippen MR) is 109 cm³/mol. The molecule has 2 aromatic rings. The van der Waals surface area contributed by atoms with Crippen LogP contribution in [0.3, 0.4) is 0 Å². The molecule has 7 heteroatoms. The molecule has 2 aromatic carbocycles. The Labute approximate surface area is 168 Å². The Balaban J connectivity index is 1.88. The van der Waals surface area contributed by atoms with Crippen LogP contribution in [0.2, 0.25) is 0 Å². The molecule has 0 aliphatic heterocycles.